The third-order valence-corrected chi connectivity index (χ3v) is 6.99. The van der Waals surface area contributed by atoms with Crippen LogP contribution in [0.15, 0.2) is 23.1 Å². The van der Waals surface area contributed by atoms with Crippen molar-refractivity contribution in [1.29, 1.82) is 0 Å². The fourth-order valence-electron chi connectivity index (χ4n) is 2.45. The van der Waals surface area contributed by atoms with Crippen LogP contribution in [0.4, 0.5) is 5.69 Å². The zero-order valence-corrected chi connectivity index (χ0v) is 13.5. The summed E-state index contributed by atoms with van der Waals surface area (Å²) < 4.78 is 50.0. The van der Waals surface area contributed by atoms with Crippen molar-refractivity contribution in [2.24, 2.45) is 5.92 Å². The molecule has 2 rings (SSSR count). The van der Waals surface area contributed by atoms with E-state index in [0.29, 0.717) is 24.1 Å². The van der Waals surface area contributed by atoms with Gasteiger partial charge in [0.1, 0.15) is 0 Å². The summed E-state index contributed by atoms with van der Waals surface area (Å²) in [6.45, 7) is 2.01. The second-order valence-electron chi connectivity index (χ2n) is 5.34. The summed E-state index contributed by atoms with van der Waals surface area (Å²) in [6, 6.07) is 4.80. The molecule has 1 atom stereocenters. The summed E-state index contributed by atoms with van der Waals surface area (Å²) in [5, 5.41) is 0. The first kappa shape index (κ1) is 16.3. The summed E-state index contributed by atoms with van der Waals surface area (Å²) in [6.07, 6.45) is 1.08. The van der Waals surface area contributed by atoms with Crippen LogP contribution < -0.4 is 10.5 Å². The number of benzene rings is 1. The van der Waals surface area contributed by atoms with Crippen molar-refractivity contribution in [3.05, 3.63) is 23.8 Å². The van der Waals surface area contributed by atoms with Crippen LogP contribution in [0, 0.1) is 5.92 Å². The van der Waals surface area contributed by atoms with Crippen molar-refractivity contribution >= 4 is 25.5 Å². The van der Waals surface area contributed by atoms with Gasteiger partial charge in [0.25, 0.3) is 0 Å². The van der Waals surface area contributed by atoms with E-state index >= 15 is 0 Å². The van der Waals surface area contributed by atoms with E-state index in [9.17, 15) is 16.8 Å². The molecule has 0 bridgehead atoms. The molecule has 8 heteroatoms. The molecule has 1 aromatic rings. The highest BCUT2D eigenvalue weighted by Gasteiger charge is 2.29. The Kier molecular flexibility index (Phi) is 4.60. The molecule has 0 amide bonds. The predicted octanol–water partition coefficient (Wildman–Crippen LogP) is 0.544. The molecule has 0 saturated carbocycles. The molecule has 6 nitrogen and oxygen atoms in total. The molecule has 1 aliphatic heterocycles. The lowest BCUT2D eigenvalue weighted by molar-refractivity contribution is 0.542. The van der Waals surface area contributed by atoms with Gasteiger partial charge in [-0.05, 0) is 36.5 Å². The van der Waals surface area contributed by atoms with Crippen molar-refractivity contribution in [3.63, 3.8) is 0 Å². The number of anilines is 1. The molecule has 1 aliphatic rings. The average Bonchev–Trinajstić information content (AvgIpc) is 2.76. The first-order valence-corrected chi connectivity index (χ1v) is 10.1. The van der Waals surface area contributed by atoms with Gasteiger partial charge in [-0.1, -0.05) is 13.0 Å². The lowest BCUT2D eigenvalue weighted by Crippen LogP contribution is -2.30. The van der Waals surface area contributed by atoms with Crippen molar-refractivity contribution < 1.29 is 16.8 Å². The highest BCUT2D eigenvalue weighted by Crippen LogP contribution is 2.21. The topological polar surface area (TPSA) is 106 Å². The molecule has 21 heavy (non-hydrogen) atoms. The van der Waals surface area contributed by atoms with E-state index in [1.165, 1.54) is 6.07 Å². The average molecular weight is 332 g/mol. The van der Waals surface area contributed by atoms with Crippen LogP contribution in [0.5, 0.6) is 0 Å². The van der Waals surface area contributed by atoms with Crippen LogP contribution in [-0.2, 0) is 26.3 Å². The summed E-state index contributed by atoms with van der Waals surface area (Å²) in [4.78, 5) is 0.172. The lowest BCUT2D eigenvalue weighted by Gasteiger charge is -2.13. The highest BCUT2D eigenvalue weighted by atomic mass is 32.2. The lowest BCUT2D eigenvalue weighted by atomic mass is 10.1. The molecule has 1 fully saturated rings. The van der Waals surface area contributed by atoms with Gasteiger partial charge in [0.2, 0.25) is 10.0 Å². The monoisotopic (exact) mass is 332 g/mol. The van der Waals surface area contributed by atoms with Gasteiger partial charge in [-0.3, -0.25) is 0 Å². The largest absolute Gasteiger partial charge is 0.399 e. The standard InChI is InChI=1S/C13H20N2O4S2/c1-2-11-3-4-12(14)7-13(11)21(18,19)15-8-10-5-6-20(16,17)9-10/h3-4,7,10,15H,2,5-6,8-9,14H2,1H3. The van der Waals surface area contributed by atoms with Gasteiger partial charge in [0.05, 0.1) is 16.4 Å². The van der Waals surface area contributed by atoms with Gasteiger partial charge < -0.3 is 5.73 Å². The maximum atomic E-state index is 12.4. The molecule has 0 aromatic heterocycles. The Hall–Kier alpha value is -1.12. The third-order valence-electron chi connectivity index (χ3n) is 3.65. The van der Waals surface area contributed by atoms with Crippen LogP contribution in [0.2, 0.25) is 0 Å². The Bertz CT molecular complexity index is 727. The summed E-state index contributed by atoms with van der Waals surface area (Å²) >= 11 is 0. The van der Waals surface area contributed by atoms with E-state index in [2.05, 4.69) is 4.72 Å². The summed E-state index contributed by atoms with van der Waals surface area (Å²) in [7, 11) is -6.68. The first-order chi connectivity index (χ1) is 9.73. The molecule has 1 aromatic carbocycles. The number of hydrogen-bond donors (Lipinski definition) is 2. The molecule has 118 valence electrons. The number of nitrogen functional groups attached to an aromatic ring is 1. The molecule has 1 saturated heterocycles. The second kappa shape index (κ2) is 5.94. The molecular formula is C13H20N2O4S2. The zero-order chi connectivity index (χ0) is 15.7. The van der Waals surface area contributed by atoms with Gasteiger partial charge >= 0.3 is 0 Å². The van der Waals surface area contributed by atoms with Gasteiger partial charge in [-0.15, -0.1) is 0 Å². The third kappa shape index (κ3) is 3.96. The van der Waals surface area contributed by atoms with Gasteiger partial charge in [0, 0.05) is 12.2 Å². The Morgan fingerprint density at radius 1 is 1.38 bits per heavy atom. The SMILES string of the molecule is CCc1ccc(N)cc1S(=O)(=O)NCC1CCS(=O)(=O)C1. The maximum Gasteiger partial charge on any atom is 0.240 e. The minimum Gasteiger partial charge on any atom is -0.399 e. The number of hydrogen-bond acceptors (Lipinski definition) is 5. The Labute approximate surface area is 125 Å². The number of sulfone groups is 1. The Morgan fingerprint density at radius 3 is 2.67 bits per heavy atom. The molecule has 1 heterocycles. The summed E-state index contributed by atoms with van der Waals surface area (Å²) in [5.74, 6) is 0.0289. The molecule has 0 spiro atoms. The van der Waals surface area contributed by atoms with Crippen LogP contribution >= 0.6 is 0 Å². The zero-order valence-electron chi connectivity index (χ0n) is 11.9. The fraction of sp³-hybridized carbons (Fsp3) is 0.538. The number of rotatable bonds is 5. The number of nitrogens with two attached hydrogens (primary N) is 1. The van der Waals surface area contributed by atoms with E-state index in [4.69, 9.17) is 5.73 Å². The maximum absolute atomic E-state index is 12.4. The minimum atomic E-state index is -3.68. The van der Waals surface area contributed by atoms with E-state index in [1.807, 2.05) is 6.92 Å². The Balaban J connectivity index is 2.14. The molecule has 3 N–H and O–H groups in total. The van der Waals surface area contributed by atoms with Crippen LogP contribution in [0.25, 0.3) is 0 Å². The normalized spacial score (nSPS) is 21.5. The van der Waals surface area contributed by atoms with Gasteiger partial charge in [-0.25, -0.2) is 21.6 Å². The van der Waals surface area contributed by atoms with Crippen molar-refractivity contribution in [2.75, 3.05) is 23.8 Å². The molecule has 0 radical (unpaired) electrons. The number of aryl methyl sites for hydroxylation is 1. The number of nitrogens with one attached hydrogen (secondary N) is 1. The second-order valence-corrected chi connectivity index (χ2v) is 9.31. The van der Waals surface area contributed by atoms with E-state index in [-0.39, 0.29) is 28.9 Å². The minimum absolute atomic E-state index is 0.0487. The van der Waals surface area contributed by atoms with E-state index in [0.717, 1.165) is 0 Å². The van der Waals surface area contributed by atoms with Crippen LogP contribution in [-0.4, -0.2) is 34.9 Å². The Morgan fingerprint density at radius 2 is 2.10 bits per heavy atom. The van der Waals surface area contributed by atoms with E-state index in [1.54, 1.807) is 12.1 Å². The molecule has 1 unspecified atom stereocenters. The fourth-order valence-corrected chi connectivity index (χ4v) is 5.77. The first-order valence-electron chi connectivity index (χ1n) is 6.82. The van der Waals surface area contributed by atoms with Crippen LogP contribution in [0.1, 0.15) is 18.9 Å². The smallest absolute Gasteiger partial charge is 0.240 e. The van der Waals surface area contributed by atoms with E-state index < -0.39 is 19.9 Å². The van der Waals surface area contributed by atoms with Gasteiger partial charge in [-0.2, -0.15) is 0 Å². The van der Waals surface area contributed by atoms with Crippen molar-refractivity contribution in [1.82, 2.24) is 4.72 Å². The number of sulfonamides is 1. The van der Waals surface area contributed by atoms with Crippen molar-refractivity contribution in [2.45, 2.75) is 24.7 Å². The molecule has 0 aliphatic carbocycles. The van der Waals surface area contributed by atoms with Gasteiger partial charge in [0.15, 0.2) is 9.84 Å². The predicted molar refractivity (Wildman–Crippen MR) is 82.2 cm³/mol. The quantitative estimate of drug-likeness (QED) is 0.766. The van der Waals surface area contributed by atoms with Crippen LogP contribution in [0.3, 0.4) is 0 Å². The highest BCUT2D eigenvalue weighted by molar-refractivity contribution is 7.91. The molecular weight excluding hydrogens is 312 g/mol. The van der Waals surface area contributed by atoms with Crippen molar-refractivity contribution in [3.8, 4) is 0 Å². The summed E-state index contributed by atoms with van der Waals surface area (Å²) in [5.41, 5.74) is 6.74.